The van der Waals surface area contributed by atoms with Crippen LogP contribution in [-0.2, 0) is 14.3 Å². The van der Waals surface area contributed by atoms with Crippen molar-refractivity contribution in [2.45, 2.75) is 142 Å². The molecule has 0 amide bonds. The number of ether oxygens (including phenoxy) is 1. The second-order valence-electron chi connectivity index (χ2n) is 8.40. The summed E-state index contributed by atoms with van der Waals surface area (Å²) >= 11 is 0. The van der Waals surface area contributed by atoms with Gasteiger partial charge in [-0.15, -0.1) is 0 Å². The van der Waals surface area contributed by atoms with E-state index in [-0.39, 0.29) is 18.5 Å². The number of rotatable bonds is 18. The first-order chi connectivity index (χ1) is 14.2. The zero-order valence-electron chi connectivity index (χ0n) is 20.0. The van der Waals surface area contributed by atoms with Crippen molar-refractivity contribution in [3.05, 3.63) is 0 Å². The third kappa shape index (κ3) is 23.1. The molecule has 0 aromatic carbocycles. The van der Waals surface area contributed by atoms with Gasteiger partial charge in [-0.1, -0.05) is 90.9 Å². The lowest BCUT2D eigenvalue weighted by Crippen LogP contribution is -2.37. The highest BCUT2D eigenvalue weighted by molar-refractivity contribution is 5.74. The molecule has 0 heterocycles. The molecule has 0 fully saturated rings. The van der Waals surface area contributed by atoms with Crippen LogP contribution in [0.1, 0.15) is 130 Å². The third-order valence-corrected chi connectivity index (χ3v) is 4.82. The molecule has 3 N–H and O–H groups in total. The van der Waals surface area contributed by atoms with Gasteiger partial charge in [0.2, 0.25) is 0 Å². The molecule has 0 aliphatic carbocycles. The van der Waals surface area contributed by atoms with E-state index in [0.29, 0.717) is 12.8 Å². The number of carboxylic acids is 1. The first-order valence-electron chi connectivity index (χ1n) is 12.0. The van der Waals surface area contributed by atoms with Gasteiger partial charge in [0.1, 0.15) is 0 Å². The topological polar surface area (TPSA) is 104 Å². The first kappa shape index (κ1) is 31.0. The monoisotopic (exact) mass is 432 g/mol. The van der Waals surface area contributed by atoms with Gasteiger partial charge >= 0.3 is 11.9 Å². The number of aliphatic carboxylic acids is 1. The summed E-state index contributed by atoms with van der Waals surface area (Å²) in [6, 6.07) is 0. The molecule has 0 aliphatic rings. The van der Waals surface area contributed by atoms with Crippen LogP contribution in [0.2, 0.25) is 0 Å². The highest BCUT2D eigenvalue weighted by atomic mass is 16.5. The second kappa shape index (κ2) is 21.1. The number of hydrogen-bond acceptors (Lipinski definition) is 5. The normalized spacial score (nSPS) is 11.2. The Hall–Kier alpha value is -1.14. The van der Waals surface area contributed by atoms with E-state index in [4.69, 9.17) is 20.1 Å². The van der Waals surface area contributed by atoms with Crippen molar-refractivity contribution in [1.82, 2.24) is 0 Å². The fourth-order valence-corrected chi connectivity index (χ4v) is 2.98. The summed E-state index contributed by atoms with van der Waals surface area (Å²) in [5.41, 5.74) is 0. The summed E-state index contributed by atoms with van der Waals surface area (Å²) in [5.74, 6) is -4.14. The highest BCUT2D eigenvalue weighted by Gasteiger charge is 2.31. The molecule has 0 saturated carbocycles. The SMILES string of the molecule is CCCCCC(O)(O)C(=O)O.CCCCCCCCCCCCCC(=O)OC(C)C. The van der Waals surface area contributed by atoms with Gasteiger partial charge in [0.15, 0.2) is 0 Å². The molecule has 0 saturated heterocycles. The largest absolute Gasteiger partial charge is 0.477 e. The van der Waals surface area contributed by atoms with Crippen LogP contribution in [0.25, 0.3) is 0 Å². The van der Waals surface area contributed by atoms with Gasteiger partial charge in [-0.2, -0.15) is 0 Å². The van der Waals surface area contributed by atoms with Crippen LogP contribution in [-0.4, -0.2) is 39.1 Å². The molecule has 30 heavy (non-hydrogen) atoms. The molecule has 0 radical (unpaired) electrons. The molecule has 180 valence electrons. The summed E-state index contributed by atoms with van der Waals surface area (Å²) in [5, 5.41) is 25.8. The minimum Gasteiger partial charge on any atom is -0.477 e. The van der Waals surface area contributed by atoms with E-state index in [9.17, 15) is 9.59 Å². The zero-order valence-corrected chi connectivity index (χ0v) is 20.0. The Morgan fingerprint density at radius 2 is 1.13 bits per heavy atom. The van der Waals surface area contributed by atoms with Gasteiger partial charge < -0.3 is 20.1 Å². The Kier molecular flexibility index (Phi) is 21.8. The number of carboxylic acid groups (broad SMARTS) is 1. The zero-order chi connectivity index (χ0) is 23.3. The Bertz CT molecular complexity index is 407. The molecule has 0 spiro atoms. The van der Waals surface area contributed by atoms with Crippen molar-refractivity contribution in [3.8, 4) is 0 Å². The maximum atomic E-state index is 11.3. The molecule has 0 aliphatic heterocycles. The molecule has 6 nitrogen and oxygen atoms in total. The molecule has 0 rings (SSSR count). The second-order valence-corrected chi connectivity index (χ2v) is 8.40. The van der Waals surface area contributed by atoms with E-state index >= 15 is 0 Å². The minimum absolute atomic E-state index is 0.0280. The van der Waals surface area contributed by atoms with E-state index in [1.165, 1.54) is 64.2 Å². The number of aliphatic hydroxyl groups is 2. The van der Waals surface area contributed by atoms with Crippen LogP contribution in [0, 0.1) is 0 Å². The standard InChI is InChI=1S/C17H34O2.C7H14O4/c1-4-5-6-7-8-9-10-11-12-13-14-15-17(18)19-16(2)3;1-2-3-4-5-7(10,11)6(8)9/h16H,4-15H2,1-3H3;10-11H,2-5H2,1H3,(H,8,9). The first-order valence-corrected chi connectivity index (χ1v) is 12.0. The Morgan fingerprint density at radius 3 is 1.53 bits per heavy atom. The van der Waals surface area contributed by atoms with Crippen LogP contribution in [0.15, 0.2) is 0 Å². The quantitative estimate of drug-likeness (QED) is 0.140. The van der Waals surface area contributed by atoms with Crippen molar-refractivity contribution in [2.24, 2.45) is 0 Å². The smallest absolute Gasteiger partial charge is 0.364 e. The van der Waals surface area contributed by atoms with Gasteiger partial charge in [-0.3, -0.25) is 4.79 Å². The lowest BCUT2D eigenvalue weighted by Gasteiger charge is -2.15. The average molecular weight is 433 g/mol. The summed E-state index contributed by atoms with van der Waals surface area (Å²) in [4.78, 5) is 21.4. The summed E-state index contributed by atoms with van der Waals surface area (Å²) in [6.45, 7) is 8.02. The molecule has 6 heteroatoms. The summed E-state index contributed by atoms with van der Waals surface area (Å²) in [7, 11) is 0. The van der Waals surface area contributed by atoms with Gasteiger partial charge in [-0.25, -0.2) is 4.79 Å². The lowest BCUT2D eigenvalue weighted by atomic mass is 10.1. The van der Waals surface area contributed by atoms with Gasteiger partial charge in [0, 0.05) is 12.8 Å². The summed E-state index contributed by atoms with van der Waals surface area (Å²) < 4.78 is 5.10. The molecule has 0 aromatic rings. The van der Waals surface area contributed by atoms with Gasteiger partial charge in [0.05, 0.1) is 6.10 Å². The van der Waals surface area contributed by atoms with E-state index in [1.54, 1.807) is 0 Å². The maximum absolute atomic E-state index is 11.3. The molecule has 0 bridgehead atoms. The maximum Gasteiger partial charge on any atom is 0.364 e. The fraction of sp³-hybridized carbons (Fsp3) is 0.917. The highest BCUT2D eigenvalue weighted by Crippen LogP contribution is 2.13. The molecule has 0 atom stereocenters. The van der Waals surface area contributed by atoms with Crippen molar-refractivity contribution in [3.63, 3.8) is 0 Å². The Morgan fingerprint density at radius 1 is 0.733 bits per heavy atom. The van der Waals surface area contributed by atoms with Gasteiger partial charge in [-0.05, 0) is 26.7 Å². The number of carbonyl (C=O) groups excluding carboxylic acids is 1. The number of carbonyl (C=O) groups is 2. The number of unbranched alkanes of at least 4 members (excludes halogenated alkanes) is 12. The lowest BCUT2D eigenvalue weighted by molar-refractivity contribution is -0.205. The van der Waals surface area contributed by atoms with E-state index in [1.807, 2.05) is 20.8 Å². The Labute approximate surface area is 184 Å². The van der Waals surface area contributed by atoms with Crippen molar-refractivity contribution < 1.29 is 29.6 Å². The Balaban J connectivity index is 0. The molecular weight excluding hydrogens is 384 g/mol. The molecule has 0 unspecified atom stereocenters. The van der Waals surface area contributed by atoms with E-state index < -0.39 is 11.8 Å². The van der Waals surface area contributed by atoms with Crippen LogP contribution in [0.5, 0.6) is 0 Å². The third-order valence-electron chi connectivity index (χ3n) is 4.82. The number of esters is 1. The average Bonchev–Trinajstić information content (AvgIpc) is 2.66. The predicted molar refractivity (Wildman–Crippen MR) is 121 cm³/mol. The van der Waals surface area contributed by atoms with Crippen LogP contribution in [0.3, 0.4) is 0 Å². The van der Waals surface area contributed by atoms with Crippen LogP contribution in [0.4, 0.5) is 0 Å². The van der Waals surface area contributed by atoms with Crippen molar-refractivity contribution in [2.75, 3.05) is 0 Å². The van der Waals surface area contributed by atoms with Crippen LogP contribution >= 0.6 is 0 Å². The fourth-order valence-electron chi connectivity index (χ4n) is 2.98. The molecule has 0 aromatic heterocycles. The van der Waals surface area contributed by atoms with E-state index in [0.717, 1.165) is 19.3 Å². The van der Waals surface area contributed by atoms with Crippen molar-refractivity contribution in [1.29, 1.82) is 0 Å². The van der Waals surface area contributed by atoms with Gasteiger partial charge in [0.25, 0.3) is 5.79 Å². The molecular formula is C24H48O6. The van der Waals surface area contributed by atoms with Crippen molar-refractivity contribution >= 4 is 11.9 Å². The number of hydrogen-bond donors (Lipinski definition) is 3. The summed E-state index contributed by atoms with van der Waals surface area (Å²) in [6.07, 6.45) is 17.2. The van der Waals surface area contributed by atoms with E-state index in [2.05, 4.69) is 6.92 Å². The predicted octanol–water partition coefficient (Wildman–Crippen LogP) is 5.97. The van der Waals surface area contributed by atoms with Crippen LogP contribution < -0.4 is 0 Å². The minimum atomic E-state index is -2.53.